The van der Waals surface area contributed by atoms with Crippen molar-refractivity contribution in [1.29, 1.82) is 0 Å². The van der Waals surface area contributed by atoms with E-state index >= 15 is 0 Å². The second-order valence-electron chi connectivity index (χ2n) is 2.21. The number of rotatable bonds is 4. The number of anilines is 1. The van der Waals surface area contributed by atoms with Gasteiger partial charge in [-0.3, -0.25) is 4.98 Å². The molecule has 0 fully saturated rings. The first-order chi connectivity index (χ1) is 5.86. The van der Waals surface area contributed by atoms with Crippen molar-refractivity contribution in [3.8, 4) is 5.88 Å². The molecule has 1 heterocycles. The first-order valence-electron chi connectivity index (χ1n) is 4.05. The van der Waals surface area contributed by atoms with E-state index < -0.39 is 0 Å². The third kappa shape index (κ3) is 2.38. The zero-order valence-corrected chi connectivity index (χ0v) is 7.37. The summed E-state index contributed by atoms with van der Waals surface area (Å²) in [7, 11) is 0. The van der Waals surface area contributed by atoms with E-state index in [1.165, 1.54) is 0 Å². The summed E-state index contributed by atoms with van der Waals surface area (Å²) in [5.74, 6) is 1.32. The summed E-state index contributed by atoms with van der Waals surface area (Å²) >= 11 is 0. The third-order valence-electron chi connectivity index (χ3n) is 1.26. The molecule has 0 unspecified atom stereocenters. The SMILES string of the molecule is CCNc1cncc(OCC)n1. The zero-order chi connectivity index (χ0) is 8.81. The number of hydrogen-bond donors (Lipinski definition) is 1. The average molecular weight is 167 g/mol. The van der Waals surface area contributed by atoms with Crippen molar-refractivity contribution in [3.63, 3.8) is 0 Å². The highest BCUT2D eigenvalue weighted by molar-refractivity contribution is 5.32. The molecule has 12 heavy (non-hydrogen) atoms. The highest BCUT2D eigenvalue weighted by atomic mass is 16.5. The minimum Gasteiger partial charge on any atom is -0.477 e. The molecule has 0 amide bonds. The number of hydrogen-bond acceptors (Lipinski definition) is 4. The maximum absolute atomic E-state index is 5.18. The molecule has 4 nitrogen and oxygen atoms in total. The normalized spacial score (nSPS) is 9.50. The van der Waals surface area contributed by atoms with Crippen molar-refractivity contribution in [3.05, 3.63) is 12.4 Å². The van der Waals surface area contributed by atoms with Gasteiger partial charge in [-0.2, -0.15) is 4.98 Å². The van der Waals surface area contributed by atoms with Gasteiger partial charge in [0, 0.05) is 6.54 Å². The number of nitrogens with one attached hydrogen (secondary N) is 1. The fraction of sp³-hybridized carbons (Fsp3) is 0.500. The summed E-state index contributed by atoms with van der Waals surface area (Å²) in [5.41, 5.74) is 0. The molecule has 0 spiro atoms. The van der Waals surface area contributed by atoms with Crippen LogP contribution in [0.3, 0.4) is 0 Å². The van der Waals surface area contributed by atoms with Gasteiger partial charge < -0.3 is 10.1 Å². The van der Waals surface area contributed by atoms with Gasteiger partial charge >= 0.3 is 0 Å². The highest BCUT2D eigenvalue weighted by Gasteiger charge is 1.95. The van der Waals surface area contributed by atoms with E-state index in [1.807, 2.05) is 13.8 Å². The predicted octanol–water partition coefficient (Wildman–Crippen LogP) is 1.31. The first-order valence-corrected chi connectivity index (χ1v) is 4.05. The molecule has 4 heteroatoms. The van der Waals surface area contributed by atoms with Crippen LogP contribution in [0.1, 0.15) is 13.8 Å². The lowest BCUT2D eigenvalue weighted by Crippen LogP contribution is -2.02. The van der Waals surface area contributed by atoms with Crippen molar-refractivity contribution in [1.82, 2.24) is 9.97 Å². The maximum Gasteiger partial charge on any atom is 0.234 e. The molecule has 66 valence electrons. The van der Waals surface area contributed by atoms with Gasteiger partial charge in [0.25, 0.3) is 0 Å². The van der Waals surface area contributed by atoms with Gasteiger partial charge in [-0.25, -0.2) is 0 Å². The molecule has 0 aliphatic carbocycles. The Morgan fingerprint density at radius 1 is 1.42 bits per heavy atom. The van der Waals surface area contributed by atoms with Gasteiger partial charge in [-0.1, -0.05) is 0 Å². The maximum atomic E-state index is 5.18. The van der Waals surface area contributed by atoms with Crippen LogP contribution in [0.5, 0.6) is 5.88 Å². The second-order valence-corrected chi connectivity index (χ2v) is 2.21. The second kappa shape index (κ2) is 4.54. The van der Waals surface area contributed by atoms with Crippen LogP contribution in [-0.4, -0.2) is 23.1 Å². The summed E-state index contributed by atoms with van der Waals surface area (Å²) in [6.07, 6.45) is 3.27. The largest absolute Gasteiger partial charge is 0.477 e. The molecule has 0 atom stereocenters. The van der Waals surface area contributed by atoms with Crippen LogP contribution in [0.2, 0.25) is 0 Å². The van der Waals surface area contributed by atoms with Crippen LogP contribution in [-0.2, 0) is 0 Å². The molecule has 1 N–H and O–H groups in total. The monoisotopic (exact) mass is 167 g/mol. The Morgan fingerprint density at radius 3 is 2.92 bits per heavy atom. The van der Waals surface area contributed by atoms with Gasteiger partial charge in [0.1, 0.15) is 5.82 Å². The summed E-state index contributed by atoms with van der Waals surface area (Å²) in [5, 5.41) is 3.05. The van der Waals surface area contributed by atoms with Crippen molar-refractivity contribution >= 4 is 5.82 Å². The predicted molar refractivity (Wildman–Crippen MR) is 47.4 cm³/mol. The van der Waals surface area contributed by atoms with Crippen LogP contribution in [0.25, 0.3) is 0 Å². The highest BCUT2D eigenvalue weighted by Crippen LogP contribution is 2.07. The lowest BCUT2D eigenvalue weighted by Gasteiger charge is -2.04. The molecule has 0 saturated heterocycles. The summed E-state index contributed by atoms with van der Waals surface area (Å²) in [6, 6.07) is 0. The third-order valence-corrected chi connectivity index (χ3v) is 1.26. The molecular weight excluding hydrogens is 154 g/mol. The molecule has 0 saturated carbocycles. The van der Waals surface area contributed by atoms with Crippen LogP contribution in [0, 0.1) is 0 Å². The van der Waals surface area contributed by atoms with Gasteiger partial charge in [0.05, 0.1) is 19.0 Å². The van der Waals surface area contributed by atoms with Gasteiger partial charge in [-0.05, 0) is 13.8 Å². The number of aromatic nitrogens is 2. The Labute approximate surface area is 72.0 Å². The van der Waals surface area contributed by atoms with E-state index in [2.05, 4.69) is 15.3 Å². The van der Waals surface area contributed by atoms with E-state index in [-0.39, 0.29) is 0 Å². The fourth-order valence-corrected chi connectivity index (χ4v) is 0.832. The Morgan fingerprint density at radius 2 is 2.25 bits per heavy atom. The van der Waals surface area contributed by atoms with Gasteiger partial charge in [0.15, 0.2) is 0 Å². The summed E-state index contributed by atoms with van der Waals surface area (Å²) in [4.78, 5) is 8.13. The quantitative estimate of drug-likeness (QED) is 0.734. The van der Waals surface area contributed by atoms with Crippen molar-refractivity contribution < 1.29 is 4.74 Å². The molecule has 0 bridgehead atoms. The number of nitrogens with zero attached hydrogens (tertiary/aromatic N) is 2. The molecule has 1 aromatic heterocycles. The van der Waals surface area contributed by atoms with E-state index in [1.54, 1.807) is 12.4 Å². The van der Waals surface area contributed by atoms with Crippen LogP contribution in [0.15, 0.2) is 12.4 Å². The zero-order valence-electron chi connectivity index (χ0n) is 7.37. The average Bonchev–Trinajstić information content (AvgIpc) is 2.06. The van der Waals surface area contributed by atoms with E-state index in [9.17, 15) is 0 Å². The summed E-state index contributed by atoms with van der Waals surface area (Å²) < 4.78 is 5.18. The first kappa shape index (κ1) is 8.77. The fourth-order valence-electron chi connectivity index (χ4n) is 0.832. The molecule has 1 aromatic rings. The Bertz CT molecular complexity index is 218. The van der Waals surface area contributed by atoms with Gasteiger partial charge in [-0.15, -0.1) is 0 Å². The van der Waals surface area contributed by atoms with Gasteiger partial charge in [0.2, 0.25) is 5.88 Å². The minimum atomic E-state index is 0.566. The smallest absolute Gasteiger partial charge is 0.234 e. The number of ether oxygens (including phenoxy) is 1. The van der Waals surface area contributed by atoms with Crippen LogP contribution >= 0.6 is 0 Å². The topological polar surface area (TPSA) is 47.0 Å². The molecule has 0 radical (unpaired) electrons. The van der Waals surface area contributed by atoms with E-state index in [0.717, 1.165) is 12.4 Å². The van der Waals surface area contributed by atoms with Crippen molar-refractivity contribution in [2.24, 2.45) is 0 Å². The van der Waals surface area contributed by atoms with E-state index in [4.69, 9.17) is 4.74 Å². The lowest BCUT2D eigenvalue weighted by molar-refractivity contribution is 0.326. The molecule has 0 aliphatic heterocycles. The van der Waals surface area contributed by atoms with E-state index in [0.29, 0.717) is 12.5 Å². The van der Waals surface area contributed by atoms with Crippen molar-refractivity contribution in [2.75, 3.05) is 18.5 Å². The minimum absolute atomic E-state index is 0.566. The van der Waals surface area contributed by atoms with Crippen LogP contribution in [0.4, 0.5) is 5.82 Å². The Kier molecular flexibility index (Phi) is 3.32. The Hall–Kier alpha value is -1.32. The standard InChI is InChI=1S/C8H13N3O/c1-3-10-7-5-9-6-8(11-7)12-4-2/h5-6H,3-4H2,1-2H3,(H,10,11). The van der Waals surface area contributed by atoms with Crippen molar-refractivity contribution in [2.45, 2.75) is 13.8 Å². The summed E-state index contributed by atoms with van der Waals surface area (Å²) in [6.45, 7) is 5.38. The Balaban J connectivity index is 2.67. The molecule has 0 aliphatic rings. The molecule has 0 aromatic carbocycles. The molecule has 1 rings (SSSR count). The van der Waals surface area contributed by atoms with Crippen LogP contribution < -0.4 is 10.1 Å². The lowest BCUT2D eigenvalue weighted by atomic mass is 10.6. The molecular formula is C8H13N3O.